The van der Waals surface area contributed by atoms with Crippen molar-refractivity contribution in [2.24, 2.45) is 4.99 Å². The average molecular weight is 422 g/mol. The zero-order chi connectivity index (χ0) is 21.6. The molecule has 1 aliphatic rings. The minimum atomic E-state index is -0.728. The van der Waals surface area contributed by atoms with Gasteiger partial charge in [0, 0.05) is 12.4 Å². The third-order valence-electron chi connectivity index (χ3n) is 5.41. The molecule has 8 nitrogen and oxygen atoms in total. The fraction of sp³-hybridized carbons (Fsp3) is 0.348. The van der Waals surface area contributed by atoms with Crippen LogP contribution in [-0.4, -0.2) is 51.5 Å². The summed E-state index contributed by atoms with van der Waals surface area (Å²) >= 11 is 0. The van der Waals surface area contributed by atoms with Gasteiger partial charge < -0.3 is 15.1 Å². The topological polar surface area (TPSA) is 101 Å². The minimum Gasteiger partial charge on any atom is -0.855 e. The van der Waals surface area contributed by atoms with E-state index in [1.54, 1.807) is 36.4 Å². The van der Waals surface area contributed by atoms with Crippen LogP contribution in [0.4, 0.5) is 5.69 Å². The Hall–Kier alpha value is -3.23. The van der Waals surface area contributed by atoms with E-state index in [0.717, 1.165) is 25.9 Å². The van der Waals surface area contributed by atoms with Crippen molar-refractivity contribution in [1.29, 1.82) is 0 Å². The van der Waals surface area contributed by atoms with Gasteiger partial charge in [0.25, 0.3) is 0 Å². The van der Waals surface area contributed by atoms with Crippen molar-refractivity contribution in [1.82, 2.24) is 14.8 Å². The monoisotopic (exact) mass is 421 g/mol. The normalized spacial score (nSPS) is 16.4. The zero-order valence-corrected chi connectivity index (χ0v) is 17.4. The molecule has 31 heavy (non-hydrogen) atoms. The molecule has 1 aliphatic heterocycles. The maximum atomic E-state index is 13.1. The molecule has 1 fully saturated rings. The van der Waals surface area contributed by atoms with Crippen molar-refractivity contribution in [3.63, 3.8) is 0 Å². The van der Waals surface area contributed by atoms with Crippen LogP contribution >= 0.6 is 0 Å². The lowest BCUT2D eigenvalue weighted by molar-refractivity contribution is -0.762. The lowest BCUT2D eigenvalue weighted by Crippen LogP contribution is -2.52. The smallest absolute Gasteiger partial charge is 0.406 e. The Labute approximate surface area is 180 Å². The summed E-state index contributed by atoms with van der Waals surface area (Å²) in [7, 11) is 0. The van der Waals surface area contributed by atoms with E-state index in [-0.39, 0.29) is 12.2 Å². The highest BCUT2D eigenvalue weighted by atomic mass is 16.3. The van der Waals surface area contributed by atoms with Gasteiger partial charge >= 0.3 is 5.56 Å². The van der Waals surface area contributed by atoms with Crippen LogP contribution in [0, 0.1) is 0 Å². The van der Waals surface area contributed by atoms with Gasteiger partial charge in [0.1, 0.15) is 12.6 Å². The van der Waals surface area contributed by atoms with Crippen molar-refractivity contribution in [3.8, 4) is 5.69 Å². The van der Waals surface area contributed by atoms with Crippen molar-refractivity contribution in [2.45, 2.75) is 31.9 Å². The second-order valence-electron chi connectivity index (χ2n) is 7.80. The number of hydrogen-bond acceptors (Lipinski definition) is 5. The number of β-amino-alcohol motifs (C(OH)–C–C–N with tert-alkyl or cyclic N) is 1. The second-order valence-corrected chi connectivity index (χ2v) is 7.80. The van der Waals surface area contributed by atoms with Gasteiger partial charge in [-0.2, -0.15) is 4.68 Å². The van der Waals surface area contributed by atoms with Crippen molar-refractivity contribution in [3.05, 3.63) is 76.7 Å². The van der Waals surface area contributed by atoms with E-state index in [1.165, 1.54) is 15.8 Å². The van der Waals surface area contributed by atoms with Crippen molar-refractivity contribution < 1.29 is 14.9 Å². The number of aromatic nitrogens is 3. The summed E-state index contributed by atoms with van der Waals surface area (Å²) in [5.41, 5.74) is 0.469. The number of aliphatic hydroxyl groups excluding tert-OH is 1. The standard InChI is InChI=1S/C23H27N5O3/c29-20(16-26-14-8-3-9-15-26)17-27-21(22(30)24-18-10-4-1-5-11-18)23(31)28(25-27)19-12-6-2-7-13-19/h1-2,4-7,10-13,20,29H,3,8-9,14-17H2,(H-,24,25,30,31)/t20-/m0/s1. The summed E-state index contributed by atoms with van der Waals surface area (Å²) in [6.45, 7) is 2.50. The highest BCUT2D eigenvalue weighted by Crippen LogP contribution is 2.11. The maximum absolute atomic E-state index is 13.1. The third kappa shape index (κ3) is 5.10. The van der Waals surface area contributed by atoms with Gasteiger partial charge in [-0.1, -0.05) is 52.7 Å². The fourth-order valence-electron chi connectivity index (χ4n) is 3.91. The van der Waals surface area contributed by atoms with Crippen LogP contribution in [0.15, 0.2) is 70.5 Å². The Balaban J connectivity index is 1.67. The molecular weight excluding hydrogens is 394 g/mol. The number of likely N-dealkylation sites (tertiary alicyclic amines) is 1. The number of aliphatic hydroxyl groups is 1. The largest absolute Gasteiger partial charge is 0.855 e. The van der Waals surface area contributed by atoms with Crippen LogP contribution in [0.25, 0.3) is 5.69 Å². The minimum absolute atomic E-state index is 0.0942. The molecular formula is C23H27N5O3. The van der Waals surface area contributed by atoms with Crippen LogP contribution in [0.1, 0.15) is 25.0 Å². The molecule has 0 radical (unpaired) electrons. The van der Waals surface area contributed by atoms with E-state index in [2.05, 4.69) is 15.1 Å². The molecule has 0 spiro atoms. The molecule has 0 saturated carbocycles. The van der Waals surface area contributed by atoms with Crippen LogP contribution < -0.4 is 15.3 Å². The maximum Gasteiger partial charge on any atom is 0.406 e. The zero-order valence-electron chi connectivity index (χ0n) is 17.4. The summed E-state index contributed by atoms with van der Waals surface area (Å²) in [6, 6.07) is 17.8. The number of nitrogens with zero attached hydrogens (tertiary/aromatic N) is 4. The molecule has 2 aromatic carbocycles. The predicted molar refractivity (Wildman–Crippen MR) is 116 cm³/mol. The van der Waals surface area contributed by atoms with Crippen molar-refractivity contribution in [2.75, 3.05) is 19.6 Å². The van der Waals surface area contributed by atoms with Crippen LogP contribution in [0.5, 0.6) is 0 Å². The van der Waals surface area contributed by atoms with Gasteiger partial charge in [-0.15, -0.1) is 0 Å². The first-order valence-corrected chi connectivity index (χ1v) is 10.6. The summed E-state index contributed by atoms with van der Waals surface area (Å²) in [6.07, 6.45) is 2.74. The number of para-hydroxylation sites is 2. The molecule has 0 bridgehead atoms. The number of aliphatic imine (C=N–C) groups is 1. The molecule has 1 aromatic heterocycles. The van der Waals surface area contributed by atoms with Gasteiger partial charge in [-0.3, -0.25) is 4.99 Å². The summed E-state index contributed by atoms with van der Waals surface area (Å²) in [4.78, 5) is 19.4. The van der Waals surface area contributed by atoms with E-state index in [0.29, 0.717) is 17.9 Å². The first-order valence-electron chi connectivity index (χ1n) is 10.6. The fourth-order valence-corrected chi connectivity index (χ4v) is 3.91. The SMILES string of the molecule is O=c1c(C([O-])=Nc2ccccc2)[n+](C[C@@H](O)CN2CCCCC2)[nH]n1-c1ccccc1. The number of aromatic amines is 1. The molecule has 0 aliphatic carbocycles. The van der Waals surface area contributed by atoms with Gasteiger partial charge in [0.05, 0.1) is 5.69 Å². The van der Waals surface area contributed by atoms with E-state index in [4.69, 9.17) is 0 Å². The first kappa shape index (κ1) is 21.0. The van der Waals surface area contributed by atoms with E-state index < -0.39 is 17.6 Å². The van der Waals surface area contributed by atoms with Gasteiger partial charge in [0.15, 0.2) is 5.69 Å². The number of benzene rings is 2. The quantitative estimate of drug-likeness (QED) is 0.334. The average Bonchev–Trinajstić information content (AvgIpc) is 3.11. The number of nitrogens with one attached hydrogen (secondary N) is 1. The number of rotatable bonds is 7. The lowest BCUT2D eigenvalue weighted by Gasteiger charge is -2.27. The van der Waals surface area contributed by atoms with Gasteiger partial charge in [-0.05, 0) is 50.2 Å². The molecule has 162 valence electrons. The number of H-pyrrole nitrogens is 1. The molecule has 1 atom stereocenters. The molecule has 2 heterocycles. The first-order chi connectivity index (χ1) is 15.1. The van der Waals surface area contributed by atoms with Crippen LogP contribution in [0.2, 0.25) is 0 Å². The van der Waals surface area contributed by atoms with Crippen LogP contribution in [0.3, 0.4) is 0 Å². The van der Waals surface area contributed by atoms with Gasteiger partial charge in [0.2, 0.25) is 5.69 Å². The second kappa shape index (κ2) is 9.72. The summed E-state index contributed by atoms with van der Waals surface area (Å²) < 4.78 is 2.72. The highest BCUT2D eigenvalue weighted by Gasteiger charge is 2.26. The molecule has 1 saturated heterocycles. The Kier molecular flexibility index (Phi) is 6.59. The number of piperidine rings is 1. The summed E-state index contributed by atoms with van der Waals surface area (Å²) in [5.74, 6) is -0.646. The molecule has 2 N–H and O–H groups in total. The Morgan fingerprint density at radius 1 is 1.06 bits per heavy atom. The Bertz CT molecular complexity index is 1070. The molecule has 4 rings (SSSR count). The van der Waals surface area contributed by atoms with Gasteiger partial charge in [-0.25, -0.2) is 4.79 Å². The van der Waals surface area contributed by atoms with E-state index in [9.17, 15) is 15.0 Å². The van der Waals surface area contributed by atoms with E-state index in [1.807, 2.05) is 24.3 Å². The summed E-state index contributed by atoms with van der Waals surface area (Å²) in [5, 5.41) is 26.6. The molecule has 8 heteroatoms. The highest BCUT2D eigenvalue weighted by molar-refractivity contribution is 5.88. The molecule has 0 unspecified atom stereocenters. The third-order valence-corrected chi connectivity index (χ3v) is 5.41. The van der Waals surface area contributed by atoms with Crippen molar-refractivity contribution >= 4 is 11.6 Å². The molecule has 3 aromatic rings. The predicted octanol–water partition coefficient (Wildman–Crippen LogP) is 0.738. The lowest BCUT2D eigenvalue weighted by atomic mass is 10.1. The van der Waals surface area contributed by atoms with Crippen LogP contribution in [-0.2, 0) is 6.54 Å². The van der Waals surface area contributed by atoms with E-state index >= 15 is 0 Å². The number of hydrogen-bond donors (Lipinski definition) is 2. The Morgan fingerprint density at radius 3 is 2.39 bits per heavy atom. The molecule has 0 amide bonds. The Morgan fingerprint density at radius 2 is 1.71 bits per heavy atom.